The van der Waals surface area contributed by atoms with Gasteiger partial charge in [0.1, 0.15) is 5.75 Å². The van der Waals surface area contributed by atoms with E-state index in [9.17, 15) is 0 Å². The Labute approximate surface area is 207 Å². The van der Waals surface area contributed by atoms with Crippen molar-refractivity contribution in [1.29, 1.82) is 0 Å². The van der Waals surface area contributed by atoms with E-state index in [-0.39, 0.29) is 6.04 Å². The molecule has 1 N–H and O–H groups in total. The zero-order valence-electron chi connectivity index (χ0n) is 18.9. The van der Waals surface area contributed by atoms with E-state index in [4.69, 9.17) is 26.5 Å². The summed E-state index contributed by atoms with van der Waals surface area (Å²) in [6.45, 7) is 5.29. The van der Waals surface area contributed by atoms with Crippen molar-refractivity contribution in [2.24, 2.45) is 0 Å². The maximum absolute atomic E-state index is 5.81. The number of hydrogen-bond donors (Lipinski definition) is 1. The molecule has 6 nitrogen and oxygen atoms in total. The number of thiophene rings is 1. The molecule has 0 fully saturated rings. The zero-order valence-corrected chi connectivity index (χ0v) is 20.5. The van der Waals surface area contributed by atoms with Crippen LogP contribution in [0.1, 0.15) is 36.9 Å². The first-order chi connectivity index (χ1) is 16.6. The third kappa shape index (κ3) is 4.47. The minimum atomic E-state index is -0.193. The minimum absolute atomic E-state index is 0.193. The third-order valence-corrected chi connectivity index (χ3v) is 6.91. The van der Waals surface area contributed by atoms with E-state index < -0.39 is 0 Å². The number of rotatable bonds is 7. The first-order valence-electron chi connectivity index (χ1n) is 11.1. The van der Waals surface area contributed by atoms with Crippen molar-refractivity contribution in [3.63, 3.8) is 0 Å². The van der Waals surface area contributed by atoms with Gasteiger partial charge in [0.25, 0.3) is 5.89 Å². The lowest BCUT2D eigenvalue weighted by atomic mass is 9.94. The van der Waals surface area contributed by atoms with E-state index in [1.165, 1.54) is 0 Å². The van der Waals surface area contributed by atoms with E-state index in [0.29, 0.717) is 30.0 Å². The van der Waals surface area contributed by atoms with Crippen LogP contribution >= 0.6 is 23.6 Å². The molecule has 8 heteroatoms. The summed E-state index contributed by atoms with van der Waals surface area (Å²) < 4.78 is 11.4. The van der Waals surface area contributed by atoms with Crippen LogP contribution in [-0.2, 0) is 6.54 Å². The Kier molecular flexibility index (Phi) is 6.42. The van der Waals surface area contributed by atoms with Crippen LogP contribution in [0.25, 0.3) is 16.3 Å². The van der Waals surface area contributed by atoms with E-state index in [1.807, 2.05) is 54.8 Å². The topological polar surface area (TPSA) is 63.4 Å². The van der Waals surface area contributed by atoms with Crippen LogP contribution in [0.3, 0.4) is 0 Å². The van der Waals surface area contributed by atoms with Crippen LogP contribution in [0, 0.1) is 0 Å². The van der Waals surface area contributed by atoms with Crippen LogP contribution in [0.15, 0.2) is 82.3 Å². The molecule has 1 atom stereocenters. The molecule has 0 saturated carbocycles. The van der Waals surface area contributed by atoms with Crippen molar-refractivity contribution in [2.75, 3.05) is 6.61 Å². The largest absolute Gasteiger partial charge is 0.494 e. The van der Waals surface area contributed by atoms with E-state index in [2.05, 4.69) is 46.6 Å². The summed E-state index contributed by atoms with van der Waals surface area (Å²) in [5, 5.41) is 10.4. The van der Waals surface area contributed by atoms with Crippen molar-refractivity contribution in [3.05, 3.63) is 94.8 Å². The third-order valence-electron chi connectivity index (χ3n) is 5.70. The Morgan fingerprint density at radius 3 is 2.59 bits per heavy atom. The standard InChI is InChI=1S/C26H24N4O2S2/c1-3-31-20-13-11-18(12-14-20)16-30-17(2)22(23(27-26(30)33)19-8-5-4-6-9-19)25-28-24(29-32-25)21-10-7-15-34-21/h4-15,23H,3,16H2,1-2H3,(H,27,33). The van der Waals surface area contributed by atoms with Crippen LogP contribution < -0.4 is 10.1 Å². The SMILES string of the molecule is CCOc1ccc(CN2C(=S)NC(c3ccccc3)C(c3nc(-c4cccs4)no3)=C2C)cc1. The molecule has 1 unspecified atom stereocenters. The highest BCUT2D eigenvalue weighted by molar-refractivity contribution is 7.80. The summed E-state index contributed by atoms with van der Waals surface area (Å²) in [5.41, 5.74) is 4.10. The van der Waals surface area contributed by atoms with Gasteiger partial charge in [-0.15, -0.1) is 11.3 Å². The highest BCUT2D eigenvalue weighted by atomic mass is 32.1. The molecule has 1 aliphatic rings. The lowest BCUT2D eigenvalue weighted by molar-refractivity contribution is 0.340. The number of thiocarbonyl (C=S) groups is 1. The molecule has 34 heavy (non-hydrogen) atoms. The van der Waals surface area contributed by atoms with E-state index in [0.717, 1.165) is 33.0 Å². The smallest absolute Gasteiger partial charge is 0.258 e. The van der Waals surface area contributed by atoms with Crippen molar-refractivity contribution in [3.8, 4) is 16.5 Å². The zero-order chi connectivity index (χ0) is 23.5. The first-order valence-corrected chi connectivity index (χ1v) is 12.4. The molecule has 0 amide bonds. The molecule has 2 aromatic carbocycles. The van der Waals surface area contributed by atoms with Gasteiger partial charge in [0.15, 0.2) is 5.11 Å². The Hall–Kier alpha value is -3.49. The summed E-state index contributed by atoms with van der Waals surface area (Å²) in [6, 6.07) is 22.1. The molecule has 1 aliphatic heterocycles. The lowest BCUT2D eigenvalue weighted by Crippen LogP contribution is -2.45. The number of hydrogen-bond acceptors (Lipinski definition) is 6. The number of nitrogens with one attached hydrogen (secondary N) is 1. The average Bonchev–Trinajstić information content (AvgIpc) is 3.56. The lowest BCUT2D eigenvalue weighted by Gasteiger charge is -2.37. The number of benzene rings is 2. The summed E-state index contributed by atoms with van der Waals surface area (Å²) in [5.74, 6) is 1.93. The van der Waals surface area contributed by atoms with Gasteiger partial charge in [-0.3, -0.25) is 0 Å². The fourth-order valence-electron chi connectivity index (χ4n) is 4.02. The summed E-state index contributed by atoms with van der Waals surface area (Å²) in [4.78, 5) is 7.80. The predicted octanol–water partition coefficient (Wildman–Crippen LogP) is 6.06. The van der Waals surface area contributed by atoms with Crippen LogP contribution in [0.2, 0.25) is 0 Å². The quantitative estimate of drug-likeness (QED) is 0.317. The first kappa shape index (κ1) is 22.3. The fourth-order valence-corrected chi connectivity index (χ4v) is 4.99. The summed E-state index contributed by atoms with van der Waals surface area (Å²) >= 11 is 7.40. The maximum atomic E-state index is 5.81. The molecule has 0 radical (unpaired) electrons. The molecule has 2 aromatic heterocycles. The molecular formula is C26H24N4O2S2. The molecule has 0 spiro atoms. The second kappa shape index (κ2) is 9.79. The van der Waals surface area contributed by atoms with Gasteiger partial charge >= 0.3 is 0 Å². The van der Waals surface area contributed by atoms with Crippen LogP contribution in [0.4, 0.5) is 0 Å². The highest BCUT2D eigenvalue weighted by Gasteiger charge is 2.34. The van der Waals surface area contributed by atoms with Gasteiger partial charge in [-0.05, 0) is 60.8 Å². The summed E-state index contributed by atoms with van der Waals surface area (Å²) in [6.07, 6.45) is 0. The van der Waals surface area contributed by atoms with Crippen LogP contribution in [0.5, 0.6) is 5.75 Å². The second-order valence-electron chi connectivity index (χ2n) is 7.86. The maximum Gasteiger partial charge on any atom is 0.258 e. The van der Waals surface area contributed by atoms with Crippen LogP contribution in [-0.4, -0.2) is 26.8 Å². The van der Waals surface area contributed by atoms with Gasteiger partial charge in [-0.25, -0.2) is 0 Å². The van der Waals surface area contributed by atoms with E-state index in [1.54, 1.807) is 11.3 Å². The molecule has 3 heterocycles. The molecular weight excluding hydrogens is 464 g/mol. The summed E-state index contributed by atoms with van der Waals surface area (Å²) in [7, 11) is 0. The predicted molar refractivity (Wildman–Crippen MR) is 138 cm³/mol. The minimum Gasteiger partial charge on any atom is -0.494 e. The second-order valence-corrected chi connectivity index (χ2v) is 9.19. The van der Waals surface area contributed by atoms with Gasteiger partial charge in [0.05, 0.1) is 23.1 Å². The van der Waals surface area contributed by atoms with E-state index >= 15 is 0 Å². The Morgan fingerprint density at radius 1 is 1.09 bits per heavy atom. The Morgan fingerprint density at radius 2 is 1.88 bits per heavy atom. The number of nitrogens with zero attached hydrogens (tertiary/aromatic N) is 3. The number of aromatic nitrogens is 2. The Bertz CT molecular complexity index is 1300. The van der Waals surface area contributed by atoms with Crippen molar-refractivity contribution < 1.29 is 9.26 Å². The van der Waals surface area contributed by atoms with Crippen molar-refractivity contribution in [1.82, 2.24) is 20.4 Å². The molecule has 172 valence electrons. The van der Waals surface area contributed by atoms with Gasteiger partial charge in [-0.2, -0.15) is 4.98 Å². The molecule has 5 rings (SSSR count). The van der Waals surface area contributed by atoms with Gasteiger partial charge in [-0.1, -0.05) is 53.7 Å². The fraction of sp³-hybridized carbons (Fsp3) is 0.192. The number of allylic oxidation sites excluding steroid dienone is 1. The number of ether oxygens (including phenoxy) is 1. The highest BCUT2D eigenvalue weighted by Crippen LogP contribution is 2.38. The van der Waals surface area contributed by atoms with Crippen molar-refractivity contribution >= 4 is 34.2 Å². The molecule has 0 bridgehead atoms. The Balaban J connectivity index is 1.54. The van der Waals surface area contributed by atoms with Gasteiger partial charge in [0.2, 0.25) is 5.82 Å². The molecule has 0 saturated heterocycles. The average molecular weight is 489 g/mol. The molecule has 0 aliphatic carbocycles. The van der Waals surface area contributed by atoms with Gasteiger partial charge < -0.3 is 19.5 Å². The normalized spacial score (nSPS) is 16.0. The molecule has 4 aromatic rings. The monoisotopic (exact) mass is 488 g/mol. The van der Waals surface area contributed by atoms with Gasteiger partial charge in [0, 0.05) is 12.2 Å². The van der Waals surface area contributed by atoms with Crippen molar-refractivity contribution in [2.45, 2.75) is 26.4 Å².